The number of nitrogens with zero attached hydrogens (tertiary/aromatic N) is 1. The Morgan fingerprint density at radius 3 is 2.65 bits per heavy atom. The van der Waals surface area contributed by atoms with Gasteiger partial charge in [-0.15, -0.1) is 11.3 Å². The van der Waals surface area contributed by atoms with Crippen LogP contribution in [0.1, 0.15) is 20.8 Å². The highest BCUT2D eigenvalue weighted by molar-refractivity contribution is 7.16. The van der Waals surface area contributed by atoms with E-state index in [1.54, 1.807) is 13.0 Å². The summed E-state index contributed by atoms with van der Waals surface area (Å²) < 4.78 is 13.8. The number of rotatable bonds is 5. The lowest BCUT2D eigenvalue weighted by molar-refractivity contribution is -0.385. The van der Waals surface area contributed by atoms with Gasteiger partial charge in [0.2, 0.25) is 5.91 Å². The fourth-order valence-electron chi connectivity index (χ4n) is 1.93. The van der Waals surface area contributed by atoms with Gasteiger partial charge in [-0.05, 0) is 24.6 Å². The molecule has 3 N–H and O–H groups in total. The van der Waals surface area contributed by atoms with E-state index in [1.165, 1.54) is 17.4 Å². The minimum Gasteiger partial charge on any atom is -0.366 e. The summed E-state index contributed by atoms with van der Waals surface area (Å²) in [6.45, 7) is 1.75. The molecule has 2 aromatic rings. The van der Waals surface area contributed by atoms with Gasteiger partial charge >= 0.3 is 0 Å². The number of nitrogens with one attached hydrogen (secondary N) is 1. The molecule has 0 aliphatic heterocycles. The van der Waals surface area contributed by atoms with Crippen LogP contribution in [0.3, 0.4) is 0 Å². The molecule has 9 heteroatoms. The van der Waals surface area contributed by atoms with Crippen molar-refractivity contribution in [2.75, 3.05) is 5.32 Å². The number of amides is 2. The molecule has 1 aromatic heterocycles. The predicted molar refractivity (Wildman–Crippen MR) is 83.0 cm³/mol. The minimum atomic E-state index is -0.841. The second-order valence-corrected chi connectivity index (χ2v) is 5.98. The molecule has 0 fully saturated rings. The summed E-state index contributed by atoms with van der Waals surface area (Å²) in [5.41, 5.74) is 5.03. The molecular formula is C14H12FN3O4S. The number of carbonyl (C=O) groups is 2. The smallest absolute Gasteiger partial charge is 0.272 e. The summed E-state index contributed by atoms with van der Waals surface area (Å²) in [5.74, 6) is -2.07. The summed E-state index contributed by atoms with van der Waals surface area (Å²) >= 11 is 1.18. The maximum absolute atomic E-state index is 13.8. The Morgan fingerprint density at radius 2 is 2.09 bits per heavy atom. The van der Waals surface area contributed by atoms with Crippen molar-refractivity contribution in [2.24, 2.45) is 5.73 Å². The van der Waals surface area contributed by atoms with Crippen LogP contribution in [-0.2, 0) is 11.2 Å². The summed E-state index contributed by atoms with van der Waals surface area (Å²) in [5, 5.41) is 13.3. The van der Waals surface area contributed by atoms with E-state index >= 15 is 0 Å². The van der Waals surface area contributed by atoms with Crippen molar-refractivity contribution in [1.82, 2.24) is 0 Å². The molecule has 2 rings (SSSR count). The van der Waals surface area contributed by atoms with Crippen LogP contribution in [0.15, 0.2) is 24.3 Å². The van der Waals surface area contributed by atoms with Crippen molar-refractivity contribution in [1.29, 1.82) is 0 Å². The first-order valence-electron chi connectivity index (χ1n) is 6.41. The Bertz CT molecular complexity index is 803. The lowest BCUT2D eigenvalue weighted by Gasteiger charge is -2.05. The van der Waals surface area contributed by atoms with Gasteiger partial charge in [-0.1, -0.05) is 0 Å². The zero-order chi connectivity index (χ0) is 17.1. The molecule has 0 atom stereocenters. The van der Waals surface area contributed by atoms with Gasteiger partial charge in [0.1, 0.15) is 10.8 Å². The number of thiophene rings is 1. The summed E-state index contributed by atoms with van der Waals surface area (Å²) in [4.78, 5) is 33.9. The van der Waals surface area contributed by atoms with E-state index in [0.717, 1.165) is 17.0 Å². The van der Waals surface area contributed by atoms with Crippen LogP contribution in [-0.4, -0.2) is 16.7 Å². The van der Waals surface area contributed by atoms with Crippen molar-refractivity contribution >= 4 is 33.8 Å². The largest absolute Gasteiger partial charge is 0.366 e. The van der Waals surface area contributed by atoms with Gasteiger partial charge in [-0.2, -0.15) is 0 Å². The molecular weight excluding hydrogens is 325 g/mol. The lowest BCUT2D eigenvalue weighted by atomic mass is 10.1. The molecule has 120 valence electrons. The highest BCUT2D eigenvalue weighted by Crippen LogP contribution is 2.27. The molecule has 0 radical (unpaired) electrons. The summed E-state index contributed by atoms with van der Waals surface area (Å²) in [6.07, 6.45) is -0.320. The maximum Gasteiger partial charge on any atom is 0.272 e. The van der Waals surface area contributed by atoms with Crippen molar-refractivity contribution < 1.29 is 18.9 Å². The Morgan fingerprint density at radius 1 is 1.39 bits per heavy atom. The van der Waals surface area contributed by atoms with Crippen molar-refractivity contribution in [3.8, 4) is 0 Å². The fourth-order valence-corrected chi connectivity index (χ4v) is 2.86. The number of anilines is 1. The highest BCUT2D eigenvalue weighted by Gasteiger charge is 2.17. The fraction of sp³-hybridized carbons (Fsp3) is 0.143. The minimum absolute atomic E-state index is 0.0157. The lowest BCUT2D eigenvalue weighted by Crippen LogP contribution is -2.18. The van der Waals surface area contributed by atoms with E-state index in [0.29, 0.717) is 5.00 Å². The van der Waals surface area contributed by atoms with Gasteiger partial charge in [-0.3, -0.25) is 19.7 Å². The third-order valence-electron chi connectivity index (χ3n) is 2.97. The van der Waals surface area contributed by atoms with Crippen LogP contribution in [0.2, 0.25) is 0 Å². The molecule has 0 unspecified atom stereocenters. The summed E-state index contributed by atoms with van der Waals surface area (Å²) in [6, 6.07) is 4.61. The number of halogens is 1. The van der Waals surface area contributed by atoms with Crippen LogP contribution in [0.5, 0.6) is 0 Å². The number of carbonyl (C=O) groups excluding carboxylic acids is 2. The van der Waals surface area contributed by atoms with E-state index in [-0.39, 0.29) is 17.5 Å². The molecule has 7 nitrogen and oxygen atoms in total. The zero-order valence-electron chi connectivity index (χ0n) is 12.0. The summed E-state index contributed by atoms with van der Waals surface area (Å²) in [7, 11) is 0. The monoisotopic (exact) mass is 337 g/mol. The second-order valence-electron chi connectivity index (χ2n) is 4.72. The maximum atomic E-state index is 13.8. The molecule has 0 spiro atoms. The van der Waals surface area contributed by atoms with Gasteiger partial charge in [0.15, 0.2) is 0 Å². The molecule has 0 aliphatic carbocycles. The van der Waals surface area contributed by atoms with Crippen molar-refractivity contribution in [3.05, 3.63) is 56.2 Å². The van der Waals surface area contributed by atoms with Crippen LogP contribution in [0, 0.1) is 22.9 Å². The number of primary amides is 1. The number of nitro groups is 1. The molecule has 0 saturated carbocycles. The number of nitro benzene ring substituents is 1. The van der Waals surface area contributed by atoms with Crippen LogP contribution >= 0.6 is 11.3 Å². The number of aryl methyl sites for hydroxylation is 1. The number of non-ortho nitro benzene ring substituents is 1. The van der Waals surface area contributed by atoms with Gasteiger partial charge in [0.25, 0.3) is 11.6 Å². The molecule has 1 aromatic carbocycles. The van der Waals surface area contributed by atoms with Gasteiger partial charge in [0, 0.05) is 10.9 Å². The first-order valence-corrected chi connectivity index (χ1v) is 7.22. The Kier molecular flexibility index (Phi) is 4.70. The van der Waals surface area contributed by atoms with Gasteiger partial charge < -0.3 is 11.1 Å². The molecule has 23 heavy (non-hydrogen) atoms. The zero-order valence-corrected chi connectivity index (χ0v) is 12.8. The van der Waals surface area contributed by atoms with Crippen LogP contribution in [0.4, 0.5) is 15.1 Å². The molecule has 0 aliphatic rings. The molecule has 0 saturated heterocycles. The average Bonchev–Trinajstić information content (AvgIpc) is 2.81. The molecule has 1 heterocycles. The van der Waals surface area contributed by atoms with E-state index in [1.807, 2.05) is 0 Å². The van der Waals surface area contributed by atoms with Gasteiger partial charge in [0.05, 0.1) is 23.0 Å². The molecule has 0 bridgehead atoms. The van der Waals surface area contributed by atoms with Crippen molar-refractivity contribution in [2.45, 2.75) is 13.3 Å². The Balaban J connectivity index is 2.14. The van der Waals surface area contributed by atoms with E-state index in [2.05, 4.69) is 5.32 Å². The first kappa shape index (κ1) is 16.6. The number of benzene rings is 1. The third kappa shape index (κ3) is 3.89. The Hall–Kier alpha value is -2.81. The van der Waals surface area contributed by atoms with E-state index in [4.69, 9.17) is 5.73 Å². The topological polar surface area (TPSA) is 115 Å². The van der Waals surface area contributed by atoms with E-state index < -0.39 is 28.2 Å². The van der Waals surface area contributed by atoms with Gasteiger partial charge in [-0.25, -0.2) is 4.39 Å². The normalized spacial score (nSPS) is 10.3. The quantitative estimate of drug-likeness (QED) is 0.643. The van der Waals surface area contributed by atoms with Crippen molar-refractivity contribution in [3.63, 3.8) is 0 Å². The second kappa shape index (κ2) is 6.53. The number of hydrogen-bond acceptors (Lipinski definition) is 5. The standard InChI is InChI=1S/C14H12FN3O4S/c1-7-4-10(13(16)20)14(23-7)17-12(19)5-8-2-3-9(18(21)22)6-11(8)15/h2-4,6H,5H2,1H3,(H2,16,20)(H,17,19). The SMILES string of the molecule is Cc1cc(C(N)=O)c(NC(=O)Cc2ccc([N+](=O)[O-])cc2F)s1. The first-order chi connectivity index (χ1) is 10.8. The third-order valence-corrected chi connectivity index (χ3v) is 3.94. The molecule has 2 amide bonds. The van der Waals surface area contributed by atoms with Crippen LogP contribution in [0.25, 0.3) is 0 Å². The predicted octanol–water partition coefficient (Wildman–Crippen LogP) is 2.38. The Labute approximate surface area is 134 Å². The number of nitrogens with two attached hydrogens (primary N) is 1. The average molecular weight is 337 g/mol. The van der Waals surface area contributed by atoms with Crippen LogP contribution < -0.4 is 11.1 Å². The van der Waals surface area contributed by atoms with E-state index in [9.17, 15) is 24.1 Å². The highest BCUT2D eigenvalue weighted by atomic mass is 32.1. The number of hydrogen-bond donors (Lipinski definition) is 2.